The van der Waals surface area contributed by atoms with Crippen molar-refractivity contribution in [2.75, 3.05) is 17.2 Å². The number of carbonyl (C=O) groups is 3. The van der Waals surface area contributed by atoms with Crippen molar-refractivity contribution in [2.45, 2.75) is 33.2 Å². The number of nitrogens with one attached hydrogen (secondary N) is 2. The van der Waals surface area contributed by atoms with Crippen molar-refractivity contribution in [3.8, 4) is 0 Å². The maximum atomic E-state index is 14.1. The average molecular weight is 519 g/mol. The van der Waals surface area contributed by atoms with Gasteiger partial charge < -0.3 is 21.8 Å². The van der Waals surface area contributed by atoms with E-state index in [2.05, 4.69) is 28.5 Å². The second kappa shape index (κ2) is 10.8. The molecule has 0 fully saturated rings. The molecule has 6 N–H and O–H groups in total. The van der Waals surface area contributed by atoms with Crippen LogP contribution in [-0.4, -0.2) is 33.6 Å². The number of benzene rings is 2. The van der Waals surface area contributed by atoms with E-state index in [1.807, 2.05) is 43.3 Å². The van der Waals surface area contributed by atoms with E-state index in [1.165, 1.54) is 4.90 Å². The molecule has 1 unspecified atom stereocenters. The normalized spacial score (nSPS) is 12.0. The number of nitrogens with two attached hydrogens (primary N) is 2. The van der Waals surface area contributed by atoms with Crippen LogP contribution in [0.3, 0.4) is 0 Å². The Balaban J connectivity index is 1.89. The molecule has 0 saturated carbocycles. The number of H-pyrrole nitrogens is 1. The van der Waals surface area contributed by atoms with E-state index in [0.29, 0.717) is 23.7 Å². The van der Waals surface area contributed by atoms with Gasteiger partial charge in [0, 0.05) is 34.9 Å². The van der Waals surface area contributed by atoms with Crippen LogP contribution in [-0.2, 0) is 4.79 Å². The van der Waals surface area contributed by atoms with Gasteiger partial charge in [0.15, 0.2) is 5.69 Å². The van der Waals surface area contributed by atoms with Crippen molar-refractivity contribution in [3.05, 3.63) is 76.4 Å². The van der Waals surface area contributed by atoms with E-state index in [1.54, 1.807) is 18.3 Å². The van der Waals surface area contributed by atoms with Gasteiger partial charge in [-0.1, -0.05) is 49.7 Å². The number of rotatable bonds is 9. The second-order valence-corrected chi connectivity index (χ2v) is 10.1. The molecule has 0 saturated heterocycles. The van der Waals surface area contributed by atoms with Gasteiger partial charge in [0.25, 0.3) is 11.8 Å². The molecule has 0 spiro atoms. The number of nitrogen functional groups attached to an aromatic ring is 1. The Morgan fingerprint density at radius 3 is 2.46 bits per heavy atom. The van der Waals surface area contributed by atoms with E-state index in [0.717, 1.165) is 34.4 Å². The standard InChI is InChI=1S/C27H30N6O3S/c1-15(2)12-13-30-26(35)23(19-14-31-20-7-5-4-6-18(19)20)33(17-10-8-16(3)9-11-17)27(36)24-21(28)22(25(29)34)32-37-24/h4-11,14-15,23,31H,12-13,28H2,1-3H3,(H2,29,34)(H,30,35). The van der Waals surface area contributed by atoms with Crippen LogP contribution in [0.1, 0.15) is 57.6 Å². The molecule has 4 rings (SSSR count). The molecule has 0 aliphatic carbocycles. The number of aromatic amines is 1. The van der Waals surface area contributed by atoms with Gasteiger partial charge in [-0.2, -0.15) is 4.37 Å². The number of aryl methyl sites for hydroxylation is 1. The van der Waals surface area contributed by atoms with Crippen LogP contribution in [0.2, 0.25) is 0 Å². The summed E-state index contributed by atoms with van der Waals surface area (Å²) in [6.07, 6.45) is 2.53. The summed E-state index contributed by atoms with van der Waals surface area (Å²) in [5.74, 6) is -1.32. The summed E-state index contributed by atoms with van der Waals surface area (Å²) >= 11 is 0.784. The van der Waals surface area contributed by atoms with E-state index in [9.17, 15) is 14.4 Å². The quantitative estimate of drug-likeness (QED) is 0.263. The average Bonchev–Trinajstić information content (AvgIpc) is 3.46. The molecule has 10 heteroatoms. The number of anilines is 2. The number of nitrogens with zero attached hydrogens (tertiary/aromatic N) is 2. The van der Waals surface area contributed by atoms with Crippen LogP contribution in [0.15, 0.2) is 54.7 Å². The molecule has 2 aromatic carbocycles. The molecule has 0 radical (unpaired) electrons. The minimum atomic E-state index is -1.03. The fourth-order valence-electron chi connectivity index (χ4n) is 4.13. The van der Waals surface area contributed by atoms with E-state index in [-0.39, 0.29) is 22.2 Å². The predicted octanol–water partition coefficient (Wildman–Crippen LogP) is 4.16. The van der Waals surface area contributed by atoms with Crippen molar-refractivity contribution >= 4 is 51.5 Å². The van der Waals surface area contributed by atoms with Crippen LogP contribution < -0.4 is 21.7 Å². The van der Waals surface area contributed by atoms with Crippen molar-refractivity contribution < 1.29 is 14.4 Å². The number of aromatic nitrogens is 2. The molecule has 2 aromatic heterocycles. The number of fused-ring (bicyclic) bond motifs is 1. The smallest absolute Gasteiger partial charge is 0.273 e. The molecule has 0 bridgehead atoms. The number of primary amides is 1. The van der Waals surface area contributed by atoms with Crippen molar-refractivity contribution in [2.24, 2.45) is 11.7 Å². The molecule has 9 nitrogen and oxygen atoms in total. The van der Waals surface area contributed by atoms with Crippen molar-refractivity contribution in [3.63, 3.8) is 0 Å². The monoisotopic (exact) mass is 518 g/mol. The summed E-state index contributed by atoms with van der Waals surface area (Å²) in [5.41, 5.74) is 14.2. The van der Waals surface area contributed by atoms with Crippen LogP contribution in [0.5, 0.6) is 0 Å². The zero-order valence-corrected chi connectivity index (χ0v) is 21.8. The molecule has 2 heterocycles. The highest BCUT2D eigenvalue weighted by Gasteiger charge is 2.37. The molecule has 4 aromatic rings. The first-order chi connectivity index (χ1) is 17.7. The van der Waals surface area contributed by atoms with E-state index in [4.69, 9.17) is 11.5 Å². The first kappa shape index (κ1) is 25.9. The van der Waals surface area contributed by atoms with Crippen molar-refractivity contribution in [1.82, 2.24) is 14.7 Å². The van der Waals surface area contributed by atoms with E-state index < -0.39 is 17.9 Å². The Morgan fingerprint density at radius 2 is 1.81 bits per heavy atom. The lowest BCUT2D eigenvalue weighted by Gasteiger charge is -2.31. The van der Waals surface area contributed by atoms with Crippen LogP contribution >= 0.6 is 11.5 Å². The minimum Gasteiger partial charge on any atom is -0.395 e. The Bertz CT molecular complexity index is 1440. The molecule has 0 aliphatic heterocycles. The van der Waals surface area contributed by atoms with Gasteiger partial charge >= 0.3 is 0 Å². The van der Waals surface area contributed by atoms with Gasteiger partial charge in [-0.3, -0.25) is 19.3 Å². The number of hydrogen-bond acceptors (Lipinski definition) is 6. The Morgan fingerprint density at radius 1 is 1.11 bits per heavy atom. The van der Waals surface area contributed by atoms with Gasteiger partial charge in [0.1, 0.15) is 10.9 Å². The summed E-state index contributed by atoms with van der Waals surface area (Å²) in [4.78, 5) is 44.4. The summed E-state index contributed by atoms with van der Waals surface area (Å²) in [5, 5.41) is 3.82. The summed E-state index contributed by atoms with van der Waals surface area (Å²) in [6, 6.07) is 13.8. The largest absolute Gasteiger partial charge is 0.395 e. The van der Waals surface area contributed by atoms with E-state index >= 15 is 0 Å². The van der Waals surface area contributed by atoms with Gasteiger partial charge in [0.2, 0.25) is 5.91 Å². The third-order valence-electron chi connectivity index (χ3n) is 6.13. The van der Waals surface area contributed by atoms with Crippen LogP contribution in [0, 0.1) is 12.8 Å². The molecule has 0 aliphatic rings. The first-order valence-electron chi connectivity index (χ1n) is 12.0. The second-order valence-electron chi connectivity index (χ2n) is 9.31. The van der Waals surface area contributed by atoms with Crippen LogP contribution in [0.25, 0.3) is 10.9 Å². The Hall–Kier alpha value is -4.18. The van der Waals surface area contributed by atoms with Gasteiger partial charge in [-0.25, -0.2) is 0 Å². The fourth-order valence-corrected chi connectivity index (χ4v) is 4.87. The Labute approximate surface area is 219 Å². The Kier molecular flexibility index (Phi) is 7.58. The van der Waals surface area contributed by atoms with Crippen LogP contribution in [0.4, 0.5) is 11.4 Å². The number of hydrogen-bond donors (Lipinski definition) is 4. The lowest BCUT2D eigenvalue weighted by molar-refractivity contribution is -0.122. The molecule has 3 amide bonds. The number of carbonyl (C=O) groups excluding carboxylic acids is 3. The third-order valence-corrected chi connectivity index (χ3v) is 6.98. The molecule has 37 heavy (non-hydrogen) atoms. The maximum Gasteiger partial charge on any atom is 0.273 e. The first-order valence-corrected chi connectivity index (χ1v) is 12.7. The molecular formula is C27H30N6O3S. The lowest BCUT2D eigenvalue weighted by atomic mass is 10.0. The summed E-state index contributed by atoms with van der Waals surface area (Å²) in [6.45, 7) is 6.55. The topological polar surface area (TPSA) is 147 Å². The SMILES string of the molecule is Cc1ccc(N(C(=O)c2snc(C(N)=O)c2N)C(C(=O)NCCC(C)C)c2c[nH]c3ccccc23)cc1. The maximum absolute atomic E-state index is 14.1. The van der Waals surface area contributed by atoms with Gasteiger partial charge in [-0.15, -0.1) is 0 Å². The highest BCUT2D eigenvalue weighted by atomic mass is 32.1. The highest BCUT2D eigenvalue weighted by Crippen LogP contribution is 2.36. The fraction of sp³-hybridized carbons (Fsp3) is 0.259. The molecule has 192 valence electrons. The molecular weight excluding hydrogens is 488 g/mol. The lowest BCUT2D eigenvalue weighted by Crippen LogP contribution is -2.44. The number of amides is 3. The summed E-state index contributed by atoms with van der Waals surface area (Å²) in [7, 11) is 0. The predicted molar refractivity (Wildman–Crippen MR) is 147 cm³/mol. The minimum absolute atomic E-state index is 0.0363. The number of para-hydroxylation sites is 1. The summed E-state index contributed by atoms with van der Waals surface area (Å²) < 4.78 is 4.00. The van der Waals surface area contributed by atoms with Gasteiger partial charge in [-0.05, 0) is 49.0 Å². The molecule has 1 atom stereocenters. The van der Waals surface area contributed by atoms with Gasteiger partial charge in [0.05, 0.1) is 5.69 Å². The highest BCUT2D eigenvalue weighted by molar-refractivity contribution is 7.09. The zero-order valence-electron chi connectivity index (χ0n) is 20.9. The third kappa shape index (κ3) is 5.34. The van der Waals surface area contributed by atoms with Crippen molar-refractivity contribution in [1.29, 1.82) is 0 Å². The zero-order chi connectivity index (χ0) is 26.7.